The van der Waals surface area contributed by atoms with Gasteiger partial charge in [-0.05, 0) is 18.2 Å². The third kappa shape index (κ3) is 4.50. The molecule has 0 spiro atoms. The predicted octanol–water partition coefficient (Wildman–Crippen LogP) is 0.792. The zero-order chi connectivity index (χ0) is 10.9. The second-order valence-corrected chi connectivity index (χ2v) is 2.88. The van der Waals surface area contributed by atoms with Gasteiger partial charge < -0.3 is 14.9 Å². The van der Waals surface area contributed by atoms with Crippen LogP contribution < -0.4 is 4.74 Å². The van der Waals surface area contributed by atoms with Crippen molar-refractivity contribution >= 4 is 0 Å². The Labute approximate surface area is 89.3 Å². The van der Waals surface area contributed by atoms with Gasteiger partial charge in [-0.1, -0.05) is 17.9 Å². The Bertz CT molecular complexity index is 349. The Hall–Kier alpha value is -1.50. The van der Waals surface area contributed by atoms with Crippen molar-refractivity contribution in [3.05, 3.63) is 29.8 Å². The van der Waals surface area contributed by atoms with Crippen molar-refractivity contribution in [2.75, 3.05) is 19.8 Å². The first-order valence-corrected chi connectivity index (χ1v) is 4.80. The minimum Gasteiger partial charge on any atom is -0.491 e. The van der Waals surface area contributed by atoms with Crippen molar-refractivity contribution in [2.45, 2.75) is 6.42 Å². The fourth-order valence-electron chi connectivity index (χ4n) is 1.05. The number of hydrogen-bond acceptors (Lipinski definition) is 3. The highest BCUT2D eigenvalue weighted by atomic mass is 16.5. The van der Waals surface area contributed by atoms with E-state index in [0.717, 1.165) is 5.56 Å². The van der Waals surface area contributed by atoms with Crippen molar-refractivity contribution in [3.63, 3.8) is 0 Å². The lowest BCUT2D eigenvalue weighted by molar-refractivity contribution is 0.201. The molecule has 0 aliphatic heterocycles. The fraction of sp³-hybridized carbons (Fsp3) is 0.333. The van der Waals surface area contributed by atoms with Gasteiger partial charge in [0.15, 0.2) is 0 Å². The predicted molar refractivity (Wildman–Crippen MR) is 57.6 cm³/mol. The zero-order valence-electron chi connectivity index (χ0n) is 8.44. The Morgan fingerprint density at radius 3 is 2.80 bits per heavy atom. The molecule has 0 fully saturated rings. The molecule has 0 heterocycles. The van der Waals surface area contributed by atoms with E-state index in [0.29, 0.717) is 12.2 Å². The van der Waals surface area contributed by atoms with Crippen LogP contribution in [0.25, 0.3) is 0 Å². The van der Waals surface area contributed by atoms with Crippen LogP contribution in [-0.4, -0.2) is 30.0 Å². The lowest BCUT2D eigenvalue weighted by Gasteiger charge is -2.03. The molecule has 0 aliphatic carbocycles. The topological polar surface area (TPSA) is 49.7 Å². The number of hydrogen-bond donors (Lipinski definition) is 2. The SMILES string of the molecule is OCCC#Cc1cccc(OCCO)c1. The van der Waals surface area contributed by atoms with Gasteiger partial charge in [-0.3, -0.25) is 0 Å². The quantitative estimate of drug-likeness (QED) is 0.716. The first-order valence-electron chi connectivity index (χ1n) is 4.80. The van der Waals surface area contributed by atoms with Gasteiger partial charge in [0, 0.05) is 12.0 Å². The molecule has 0 bridgehead atoms. The Balaban J connectivity index is 2.62. The van der Waals surface area contributed by atoms with Crippen molar-refractivity contribution in [2.24, 2.45) is 0 Å². The van der Waals surface area contributed by atoms with Gasteiger partial charge >= 0.3 is 0 Å². The average molecular weight is 206 g/mol. The smallest absolute Gasteiger partial charge is 0.120 e. The molecule has 0 saturated heterocycles. The molecule has 3 nitrogen and oxygen atoms in total. The summed E-state index contributed by atoms with van der Waals surface area (Å²) in [5, 5.41) is 17.1. The summed E-state index contributed by atoms with van der Waals surface area (Å²) < 4.78 is 5.23. The highest BCUT2D eigenvalue weighted by Crippen LogP contribution is 2.12. The average Bonchev–Trinajstić information content (AvgIpc) is 2.27. The summed E-state index contributed by atoms with van der Waals surface area (Å²) in [4.78, 5) is 0. The van der Waals surface area contributed by atoms with Crippen molar-refractivity contribution < 1.29 is 14.9 Å². The zero-order valence-corrected chi connectivity index (χ0v) is 8.44. The van der Waals surface area contributed by atoms with Gasteiger partial charge in [-0.15, -0.1) is 0 Å². The molecule has 1 aromatic carbocycles. The van der Waals surface area contributed by atoms with Gasteiger partial charge in [0.2, 0.25) is 0 Å². The highest BCUT2D eigenvalue weighted by molar-refractivity contribution is 5.39. The van der Waals surface area contributed by atoms with Crippen molar-refractivity contribution in [1.29, 1.82) is 0 Å². The number of aliphatic hydroxyl groups excluding tert-OH is 2. The summed E-state index contributed by atoms with van der Waals surface area (Å²) in [7, 11) is 0. The molecule has 15 heavy (non-hydrogen) atoms. The third-order valence-corrected chi connectivity index (χ3v) is 1.66. The summed E-state index contributed by atoms with van der Waals surface area (Å²) >= 11 is 0. The van der Waals surface area contributed by atoms with E-state index < -0.39 is 0 Å². The number of aliphatic hydroxyl groups is 2. The summed E-state index contributed by atoms with van der Waals surface area (Å²) in [5.74, 6) is 6.43. The van der Waals surface area contributed by atoms with Gasteiger partial charge in [0.1, 0.15) is 12.4 Å². The number of rotatable bonds is 4. The second-order valence-electron chi connectivity index (χ2n) is 2.88. The van der Waals surface area contributed by atoms with Crippen LogP contribution in [-0.2, 0) is 0 Å². The largest absolute Gasteiger partial charge is 0.491 e. The van der Waals surface area contributed by atoms with E-state index in [1.807, 2.05) is 18.2 Å². The van der Waals surface area contributed by atoms with Gasteiger partial charge in [0.05, 0.1) is 13.2 Å². The van der Waals surface area contributed by atoms with Crippen LogP contribution in [0.5, 0.6) is 5.75 Å². The Morgan fingerprint density at radius 1 is 1.20 bits per heavy atom. The van der Waals surface area contributed by atoms with Crippen LogP contribution in [0, 0.1) is 11.8 Å². The molecule has 1 aromatic rings. The standard InChI is InChI=1S/C12H14O3/c13-7-2-1-4-11-5-3-6-12(10-11)15-9-8-14/h3,5-6,10,13-14H,2,7-9H2. The molecule has 0 amide bonds. The lowest BCUT2D eigenvalue weighted by atomic mass is 10.2. The monoisotopic (exact) mass is 206 g/mol. The number of ether oxygens (including phenoxy) is 1. The van der Waals surface area contributed by atoms with E-state index in [-0.39, 0.29) is 19.8 Å². The maximum absolute atomic E-state index is 8.59. The molecule has 0 aliphatic rings. The summed E-state index contributed by atoms with van der Waals surface area (Å²) in [6, 6.07) is 7.33. The summed E-state index contributed by atoms with van der Waals surface area (Å²) in [6.07, 6.45) is 0.474. The van der Waals surface area contributed by atoms with Crippen molar-refractivity contribution in [1.82, 2.24) is 0 Å². The molecule has 0 saturated carbocycles. The van der Waals surface area contributed by atoms with Crippen LogP contribution >= 0.6 is 0 Å². The minimum absolute atomic E-state index is 0.000415. The second kappa shape index (κ2) is 6.88. The van der Waals surface area contributed by atoms with Gasteiger partial charge in [-0.2, -0.15) is 0 Å². The maximum Gasteiger partial charge on any atom is 0.120 e. The molecule has 2 N–H and O–H groups in total. The fourth-order valence-corrected chi connectivity index (χ4v) is 1.05. The first kappa shape index (κ1) is 11.6. The van der Waals surface area contributed by atoms with E-state index >= 15 is 0 Å². The highest BCUT2D eigenvalue weighted by Gasteiger charge is 1.93. The molecule has 80 valence electrons. The number of benzene rings is 1. The van der Waals surface area contributed by atoms with E-state index in [2.05, 4.69) is 11.8 Å². The molecule has 0 aromatic heterocycles. The van der Waals surface area contributed by atoms with Crippen LogP contribution in [0.3, 0.4) is 0 Å². The van der Waals surface area contributed by atoms with Gasteiger partial charge in [0.25, 0.3) is 0 Å². The Morgan fingerprint density at radius 2 is 2.07 bits per heavy atom. The van der Waals surface area contributed by atoms with E-state index in [9.17, 15) is 0 Å². The maximum atomic E-state index is 8.59. The van der Waals surface area contributed by atoms with Crippen LogP contribution in [0.1, 0.15) is 12.0 Å². The van der Waals surface area contributed by atoms with E-state index in [1.165, 1.54) is 0 Å². The molecule has 0 radical (unpaired) electrons. The van der Waals surface area contributed by atoms with Crippen LogP contribution in [0.2, 0.25) is 0 Å². The summed E-state index contributed by atoms with van der Waals surface area (Å²) in [6.45, 7) is 0.363. The molecule has 1 rings (SSSR count). The summed E-state index contributed by atoms with van der Waals surface area (Å²) in [5.41, 5.74) is 0.846. The molecule has 0 unspecified atom stereocenters. The molecule has 3 heteroatoms. The lowest BCUT2D eigenvalue weighted by Crippen LogP contribution is -2.01. The minimum atomic E-state index is 0.000415. The van der Waals surface area contributed by atoms with Gasteiger partial charge in [-0.25, -0.2) is 0 Å². The normalized spacial score (nSPS) is 9.20. The van der Waals surface area contributed by atoms with Crippen molar-refractivity contribution in [3.8, 4) is 17.6 Å². The van der Waals surface area contributed by atoms with E-state index in [4.69, 9.17) is 14.9 Å². The Kier molecular flexibility index (Phi) is 5.31. The molecule has 0 atom stereocenters. The molecular weight excluding hydrogens is 192 g/mol. The third-order valence-electron chi connectivity index (χ3n) is 1.66. The molecular formula is C12H14O3. The van der Waals surface area contributed by atoms with Crippen LogP contribution in [0.15, 0.2) is 24.3 Å². The van der Waals surface area contributed by atoms with Crippen LogP contribution in [0.4, 0.5) is 0 Å². The first-order chi connectivity index (χ1) is 7.36. The van der Waals surface area contributed by atoms with E-state index in [1.54, 1.807) is 6.07 Å².